The van der Waals surface area contributed by atoms with Gasteiger partial charge in [-0.2, -0.15) is 0 Å². The number of nitrogens with zero attached hydrogens (tertiary/aromatic N) is 1. The molecule has 3 atom stereocenters. The van der Waals surface area contributed by atoms with Crippen LogP contribution in [0, 0.1) is 11.8 Å². The highest BCUT2D eigenvalue weighted by Crippen LogP contribution is 2.33. The first-order chi connectivity index (χ1) is 10.3. The highest BCUT2D eigenvalue weighted by Gasteiger charge is 2.51. The van der Waals surface area contributed by atoms with Crippen LogP contribution in [0.3, 0.4) is 0 Å². The second kappa shape index (κ2) is 6.46. The summed E-state index contributed by atoms with van der Waals surface area (Å²) < 4.78 is 36.6. The molecular formula is C15H19F2NO4. The topological polar surface area (TPSA) is 55.8 Å². The van der Waals surface area contributed by atoms with Crippen molar-refractivity contribution in [3.63, 3.8) is 0 Å². The summed E-state index contributed by atoms with van der Waals surface area (Å²) in [7, 11) is 1.10. The molecule has 1 fully saturated rings. The Bertz CT molecular complexity index is 504. The van der Waals surface area contributed by atoms with Crippen LogP contribution < -0.4 is 0 Å². The Kier molecular flexibility index (Phi) is 4.83. The van der Waals surface area contributed by atoms with E-state index in [9.17, 15) is 18.4 Å². The molecule has 2 unspecified atom stereocenters. The number of hydrogen-bond acceptors (Lipinski definition) is 4. The van der Waals surface area contributed by atoms with E-state index in [4.69, 9.17) is 4.74 Å². The normalized spacial score (nSPS) is 29.5. The Morgan fingerprint density at radius 2 is 2.00 bits per heavy atom. The SMILES string of the molecule is COC(=O)[C@@H]1CC(F)(F)CN1C(=O)OCC1C=CC=CC1C. The van der Waals surface area contributed by atoms with Gasteiger partial charge in [0.1, 0.15) is 12.6 Å². The number of hydrogen-bond donors (Lipinski definition) is 0. The maximum Gasteiger partial charge on any atom is 0.410 e. The van der Waals surface area contributed by atoms with Crippen molar-refractivity contribution in [3.8, 4) is 0 Å². The van der Waals surface area contributed by atoms with Gasteiger partial charge in [-0.25, -0.2) is 18.4 Å². The maximum atomic E-state index is 13.5. The van der Waals surface area contributed by atoms with Crippen molar-refractivity contribution < 1.29 is 27.8 Å². The molecule has 0 saturated carbocycles. The number of methoxy groups -OCH3 is 1. The minimum atomic E-state index is -3.11. The van der Waals surface area contributed by atoms with E-state index in [0.29, 0.717) is 0 Å². The van der Waals surface area contributed by atoms with Crippen LogP contribution in [0.2, 0.25) is 0 Å². The molecule has 7 heteroatoms. The molecule has 1 aliphatic carbocycles. The predicted molar refractivity (Wildman–Crippen MR) is 74.4 cm³/mol. The molecule has 5 nitrogen and oxygen atoms in total. The molecule has 0 bridgehead atoms. The van der Waals surface area contributed by atoms with Gasteiger partial charge in [-0.1, -0.05) is 31.2 Å². The van der Waals surface area contributed by atoms with E-state index < -0.39 is 37.0 Å². The van der Waals surface area contributed by atoms with E-state index in [1.54, 1.807) is 0 Å². The summed E-state index contributed by atoms with van der Waals surface area (Å²) in [6.45, 7) is 1.22. The van der Waals surface area contributed by atoms with Crippen LogP contribution in [-0.2, 0) is 14.3 Å². The van der Waals surface area contributed by atoms with Gasteiger partial charge in [0.15, 0.2) is 0 Å². The predicted octanol–water partition coefficient (Wildman–Crippen LogP) is 2.38. The smallest absolute Gasteiger partial charge is 0.410 e. The molecular weight excluding hydrogens is 296 g/mol. The van der Waals surface area contributed by atoms with E-state index >= 15 is 0 Å². The second-order valence-electron chi connectivity index (χ2n) is 5.60. The summed E-state index contributed by atoms with van der Waals surface area (Å²) >= 11 is 0. The average Bonchev–Trinajstić information content (AvgIpc) is 2.81. The van der Waals surface area contributed by atoms with Gasteiger partial charge in [-0.05, 0) is 5.92 Å². The van der Waals surface area contributed by atoms with Crippen molar-refractivity contribution in [1.29, 1.82) is 0 Å². The number of ether oxygens (including phenoxy) is 2. The molecule has 0 aromatic carbocycles. The molecule has 1 amide bonds. The lowest BCUT2D eigenvalue weighted by Gasteiger charge is -2.24. The van der Waals surface area contributed by atoms with E-state index in [0.717, 1.165) is 12.0 Å². The van der Waals surface area contributed by atoms with Crippen LogP contribution in [-0.4, -0.2) is 49.2 Å². The molecule has 1 aliphatic heterocycles. The van der Waals surface area contributed by atoms with E-state index in [2.05, 4.69) is 4.74 Å². The Labute approximate surface area is 127 Å². The number of carbonyl (C=O) groups is 2. The number of rotatable bonds is 3. The lowest BCUT2D eigenvalue weighted by Crippen LogP contribution is -2.42. The Morgan fingerprint density at radius 1 is 1.32 bits per heavy atom. The number of esters is 1. The molecule has 0 radical (unpaired) electrons. The second-order valence-corrected chi connectivity index (χ2v) is 5.60. The zero-order chi connectivity index (χ0) is 16.3. The lowest BCUT2D eigenvalue weighted by molar-refractivity contribution is -0.145. The van der Waals surface area contributed by atoms with Gasteiger partial charge in [-0.3, -0.25) is 4.90 Å². The number of allylic oxidation sites excluding steroid dienone is 3. The maximum absolute atomic E-state index is 13.5. The summed E-state index contributed by atoms with van der Waals surface area (Å²) in [6.07, 6.45) is 5.96. The number of alkyl halides is 2. The summed E-state index contributed by atoms with van der Waals surface area (Å²) in [5.74, 6) is -3.79. The Hall–Kier alpha value is -1.92. The van der Waals surface area contributed by atoms with E-state index in [1.165, 1.54) is 0 Å². The van der Waals surface area contributed by atoms with Crippen LogP contribution in [0.4, 0.5) is 13.6 Å². The zero-order valence-electron chi connectivity index (χ0n) is 12.5. The fourth-order valence-electron chi connectivity index (χ4n) is 2.58. The molecule has 122 valence electrons. The van der Waals surface area contributed by atoms with Gasteiger partial charge < -0.3 is 9.47 Å². The van der Waals surface area contributed by atoms with E-state index in [-0.39, 0.29) is 18.4 Å². The van der Waals surface area contributed by atoms with Crippen molar-refractivity contribution in [2.45, 2.75) is 25.3 Å². The largest absolute Gasteiger partial charge is 0.467 e. The van der Waals surface area contributed by atoms with Crippen LogP contribution >= 0.6 is 0 Å². The summed E-state index contributed by atoms with van der Waals surface area (Å²) in [5.41, 5.74) is 0. The van der Waals surface area contributed by atoms with Crippen molar-refractivity contribution in [1.82, 2.24) is 4.90 Å². The Morgan fingerprint density at radius 3 is 2.64 bits per heavy atom. The van der Waals surface area contributed by atoms with Gasteiger partial charge >= 0.3 is 12.1 Å². The summed E-state index contributed by atoms with van der Waals surface area (Å²) in [4.78, 5) is 24.3. The minimum Gasteiger partial charge on any atom is -0.467 e. The third-order valence-corrected chi connectivity index (χ3v) is 3.94. The highest BCUT2D eigenvalue weighted by atomic mass is 19.3. The molecule has 1 saturated heterocycles. The molecule has 1 heterocycles. The number of likely N-dealkylation sites (tertiary alicyclic amines) is 1. The average molecular weight is 315 g/mol. The monoisotopic (exact) mass is 315 g/mol. The van der Waals surface area contributed by atoms with Gasteiger partial charge in [0.2, 0.25) is 0 Å². The molecule has 0 aromatic rings. The summed E-state index contributed by atoms with van der Waals surface area (Å²) in [6, 6.07) is -1.30. The van der Waals surface area contributed by atoms with E-state index in [1.807, 2.05) is 31.2 Å². The van der Waals surface area contributed by atoms with Crippen molar-refractivity contribution >= 4 is 12.1 Å². The molecule has 0 N–H and O–H groups in total. The minimum absolute atomic E-state index is 0.00589. The van der Waals surface area contributed by atoms with Crippen LogP contribution in [0.5, 0.6) is 0 Å². The molecule has 2 rings (SSSR count). The standard InChI is InChI=1S/C15H19F2NO4/c1-10-5-3-4-6-11(10)8-22-14(20)18-9-15(16,17)7-12(18)13(19)21-2/h3-6,10-12H,7-9H2,1-2H3/t10?,11?,12-/m0/s1. The summed E-state index contributed by atoms with van der Waals surface area (Å²) in [5, 5.41) is 0. The molecule has 0 spiro atoms. The molecule has 0 aromatic heterocycles. The zero-order valence-corrected chi connectivity index (χ0v) is 12.5. The fourth-order valence-corrected chi connectivity index (χ4v) is 2.58. The van der Waals surface area contributed by atoms with Gasteiger partial charge in [-0.15, -0.1) is 0 Å². The number of halogens is 2. The van der Waals surface area contributed by atoms with Gasteiger partial charge in [0, 0.05) is 12.3 Å². The first-order valence-corrected chi connectivity index (χ1v) is 7.08. The first kappa shape index (κ1) is 16.5. The third-order valence-electron chi connectivity index (χ3n) is 3.94. The number of amides is 1. The lowest BCUT2D eigenvalue weighted by atomic mass is 9.91. The first-order valence-electron chi connectivity index (χ1n) is 7.08. The Balaban J connectivity index is 1.97. The molecule has 22 heavy (non-hydrogen) atoms. The quantitative estimate of drug-likeness (QED) is 0.750. The number of carbonyl (C=O) groups excluding carboxylic acids is 2. The van der Waals surface area contributed by atoms with Crippen LogP contribution in [0.1, 0.15) is 13.3 Å². The van der Waals surface area contributed by atoms with Gasteiger partial charge in [0.05, 0.1) is 13.7 Å². The van der Waals surface area contributed by atoms with Crippen LogP contribution in [0.25, 0.3) is 0 Å². The fraction of sp³-hybridized carbons (Fsp3) is 0.600. The molecule has 2 aliphatic rings. The van der Waals surface area contributed by atoms with Gasteiger partial charge in [0.25, 0.3) is 5.92 Å². The highest BCUT2D eigenvalue weighted by molar-refractivity contribution is 5.82. The van der Waals surface area contributed by atoms with Crippen molar-refractivity contribution in [3.05, 3.63) is 24.3 Å². The third kappa shape index (κ3) is 3.64. The van der Waals surface area contributed by atoms with Crippen molar-refractivity contribution in [2.24, 2.45) is 11.8 Å². The van der Waals surface area contributed by atoms with Crippen molar-refractivity contribution in [2.75, 3.05) is 20.3 Å². The van der Waals surface area contributed by atoms with Crippen LogP contribution in [0.15, 0.2) is 24.3 Å².